The third kappa shape index (κ3) is 3.91. The van der Waals surface area contributed by atoms with Gasteiger partial charge in [-0.3, -0.25) is 14.6 Å². The summed E-state index contributed by atoms with van der Waals surface area (Å²) in [5.74, 6) is -0.446. The van der Waals surface area contributed by atoms with Gasteiger partial charge in [0.1, 0.15) is 0 Å². The van der Waals surface area contributed by atoms with Crippen molar-refractivity contribution >= 4 is 29.1 Å². The maximum absolute atomic E-state index is 12.5. The van der Waals surface area contributed by atoms with Crippen LogP contribution in [0.4, 0.5) is 5.69 Å². The molecular weight excluding hydrogens is 340 g/mol. The lowest BCUT2D eigenvalue weighted by atomic mass is 10.1. The van der Waals surface area contributed by atoms with E-state index in [0.717, 1.165) is 11.3 Å². The molecule has 2 N–H and O–H groups in total. The Morgan fingerprint density at radius 1 is 1.12 bits per heavy atom. The lowest BCUT2D eigenvalue weighted by Crippen LogP contribution is -2.49. The number of aromatic nitrogens is 1. The second-order valence-corrected chi connectivity index (χ2v) is 6.30. The van der Waals surface area contributed by atoms with E-state index in [1.807, 2.05) is 23.1 Å². The van der Waals surface area contributed by atoms with Crippen LogP contribution in [0.5, 0.6) is 0 Å². The fourth-order valence-electron chi connectivity index (χ4n) is 2.97. The average molecular weight is 359 g/mol. The van der Waals surface area contributed by atoms with Gasteiger partial charge in [-0.1, -0.05) is 29.8 Å². The highest BCUT2D eigenvalue weighted by molar-refractivity contribution is 6.31. The van der Waals surface area contributed by atoms with E-state index in [2.05, 4.69) is 9.88 Å². The van der Waals surface area contributed by atoms with Crippen LogP contribution in [0.2, 0.25) is 5.02 Å². The van der Waals surface area contributed by atoms with Gasteiger partial charge in [0.25, 0.3) is 5.91 Å². The summed E-state index contributed by atoms with van der Waals surface area (Å²) in [7, 11) is 0. The molecule has 7 heteroatoms. The Labute approximate surface area is 151 Å². The quantitative estimate of drug-likeness (QED) is 0.902. The third-order valence-electron chi connectivity index (χ3n) is 4.34. The highest BCUT2D eigenvalue weighted by Crippen LogP contribution is 2.21. The lowest BCUT2D eigenvalue weighted by Gasteiger charge is -2.36. The number of piperazine rings is 1. The van der Waals surface area contributed by atoms with Crippen molar-refractivity contribution in [3.8, 4) is 0 Å². The minimum absolute atomic E-state index is 0.0533. The fourth-order valence-corrected chi connectivity index (χ4v) is 3.17. The number of halogens is 1. The summed E-state index contributed by atoms with van der Waals surface area (Å²) >= 11 is 6.13. The van der Waals surface area contributed by atoms with Crippen LogP contribution in [0.3, 0.4) is 0 Å². The van der Waals surface area contributed by atoms with E-state index >= 15 is 0 Å². The molecule has 0 spiro atoms. The molecule has 2 heterocycles. The van der Waals surface area contributed by atoms with Gasteiger partial charge in [0, 0.05) is 43.6 Å². The average Bonchev–Trinajstić information content (AvgIpc) is 2.63. The van der Waals surface area contributed by atoms with E-state index in [0.29, 0.717) is 43.2 Å². The molecule has 2 amide bonds. The number of benzene rings is 1. The predicted molar refractivity (Wildman–Crippen MR) is 96.7 cm³/mol. The molecule has 1 aromatic carbocycles. The number of nitrogens with two attached hydrogens (primary N) is 1. The summed E-state index contributed by atoms with van der Waals surface area (Å²) in [4.78, 5) is 31.9. The molecule has 1 saturated heterocycles. The number of amides is 2. The van der Waals surface area contributed by atoms with Gasteiger partial charge in [-0.2, -0.15) is 0 Å². The molecule has 130 valence electrons. The SMILES string of the molecule is NC(=O)c1cnccc1N1CCN(C(=O)Cc2ccccc2Cl)CC1. The van der Waals surface area contributed by atoms with E-state index in [4.69, 9.17) is 17.3 Å². The molecule has 1 aromatic heterocycles. The predicted octanol–water partition coefficient (Wildman–Crippen LogP) is 1.73. The molecule has 2 aromatic rings. The van der Waals surface area contributed by atoms with Gasteiger partial charge in [-0.05, 0) is 17.7 Å². The van der Waals surface area contributed by atoms with Crippen LogP contribution >= 0.6 is 11.6 Å². The number of nitrogens with zero attached hydrogens (tertiary/aromatic N) is 3. The van der Waals surface area contributed by atoms with Gasteiger partial charge >= 0.3 is 0 Å². The number of anilines is 1. The van der Waals surface area contributed by atoms with Crippen LogP contribution in [0.1, 0.15) is 15.9 Å². The van der Waals surface area contributed by atoms with Crippen molar-refractivity contribution in [2.45, 2.75) is 6.42 Å². The molecule has 1 fully saturated rings. The Morgan fingerprint density at radius 2 is 1.84 bits per heavy atom. The normalized spacial score (nSPS) is 14.4. The summed E-state index contributed by atoms with van der Waals surface area (Å²) in [5.41, 5.74) is 7.41. The van der Waals surface area contributed by atoms with Crippen LogP contribution < -0.4 is 10.6 Å². The van der Waals surface area contributed by atoms with Crippen molar-refractivity contribution in [1.29, 1.82) is 0 Å². The molecule has 1 aliphatic heterocycles. The number of primary amides is 1. The first-order chi connectivity index (χ1) is 12.1. The summed E-state index contributed by atoms with van der Waals surface area (Å²) in [6.45, 7) is 2.45. The smallest absolute Gasteiger partial charge is 0.252 e. The number of pyridine rings is 1. The first-order valence-electron chi connectivity index (χ1n) is 8.06. The molecule has 0 aliphatic carbocycles. The Morgan fingerprint density at radius 3 is 2.52 bits per heavy atom. The molecule has 1 aliphatic rings. The van der Waals surface area contributed by atoms with Crippen molar-refractivity contribution in [2.75, 3.05) is 31.1 Å². The molecule has 6 nitrogen and oxygen atoms in total. The zero-order valence-corrected chi connectivity index (χ0v) is 14.4. The second-order valence-electron chi connectivity index (χ2n) is 5.89. The van der Waals surface area contributed by atoms with E-state index in [1.165, 1.54) is 6.20 Å². The summed E-state index contributed by atoms with van der Waals surface area (Å²) in [5, 5.41) is 0.609. The minimum Gasteiger partial charge on any atom is -0.367 e. The van der Waals surface area contributed by atoms with Crippen LogP contribution in [0, 0.1) is 0 Å². The number of carbonyl (C=O) groups is 2. The summed E-state index contributed by atoms with van der Waals surface area (Å²) < 4.78 is 0. The van der Waals surface area contributed by atoms with Gasteiger partial charge < -0.3 is 15.5 Å². The minimum atomic E-state index is -0.500. The number of hydrogen-bond donors (Lipinski definition) is 1. The molecule has 25 heavy (non-hydrogen) atoms. The fraction of sp³-hybridized carbons (Fsp3) is 0.278. The van der Waals surface area contributed by atoms with E-state index in [-0.39, 0.29) is 5.91 Å². The van der Waals surface area contributed by atoms with E-state index < -0.39 is 5.91 Å². The molecule has 3 rings (SSSR count). The lowest BCUT2D eigenvalue weighted by molar-refractivity contribution is -0.130. The van der Waals surface area contributed by atoms with Gasteiger partial charge in [0.2, 0.25) is 5.91 Å². The Hall–Kier alpha value is -2.60. The largest absolute Gasteiger partial charge is 0.367 e. The third-order valence-corrected chi connectivity index (χ3v) is 4.70. The van der Waals surface area contributed by atoms with Crippen molar-refractivity contribution in [1.82, 2.24) is 9.88 Å². The van der Waals surface area contributed by atoms with Gasteiger partial charge in [0.05, 0.1) is 17.7 Å². The molecule has 0 radical (unpaired) electrons. The van der Waals surface area contributed by atoms with Gasteiger partial charge in [-0.15, -0.1) is 0 Å². The van der Waals surface area contributed by atoms with Crippen molar-refractivity contribution in [2.24, 2.45) is 5.73 Å². The van der Waals surface area contributed by atoms with Crippen LogP contribution in [-0.2, 0) is 11.2 Å². The van der Waals surface area contributed by atoms with Crippen LogP contribution in [0.25, 0.3) is 0 Å². The number of rotatable bonds is 4. The van der Waals surface area contributed by atoms with Crippen molar-refractivity contribution in [3.05, 3.63) is 58.9 Å². The van der Waals surface area contributed by atoms with Crippen molar-refractivity contribution in [3.63, 3.8) is 0 Å². The van der Waals surface area contributed by atoms with E-state index in [1.54, 1.807) is 18.3 Å². The van der Waals surface area contributed by atoms with Crippen LogP contribution in [0.15, 0.2) is 42.7 Å². The zero-order chi connectivity index (χ0) is 17.8. The first-order valence-corrected chi connectivity index (χ1v) is 8.44. The van der Waals surface area contributed by atoms with E-state index in [9.17, 15) is 9.59 Å². The molecule has 0 atom stereocenters. The van der Waals surface area contributed by atoms with Crippen LogP contribution in [-0.4, -0.2) is 47.9 Å². The Balaban J connectivity index is 1.63. The summed E-state index contributed by atoms with van der Waals surface area (Å²) in [6, 6.07) is 9.16. The van der Waals surface area contributed by atoms with Gasteiger partial charge in [0.15, 0.2) is 0 Å². The summed E-state index contributed by atoms with van der Waals surface area (Å²) in [6.07, 6.45) is 3.41. The second kappa shape index (κ2) is 7.53. The highest BCUT2D eigenvalue weighted by atomic mass is 35.5. The standard InChI is InChI=1S/C18H19ClN4O2/c19-15-4-2-1-3-13(15)11-17(24)23-9-7-22(8-10-23)16-5-6-21-12-14(16)18(20)25/h1-6,12H,7-11H2,(H2,20,25). The Bertz CT molecular complexity index is 788. The highest BCUT2D eigenvalue weighted by Gasteiger charge is 2.24. The molecule has 0 saturated carbocycles. The molecule has 0 unspecified atom stereocenters. The maximum Gasteiger partial charge on any atom is 0.252 e. The maximum atomic E-state index is 12.5. The topological polar surface area (TPSA) is 79.5 Å². The monoisotopic (exact) mass is 358 g/mol. The molecule has 0 bridgehead atoms. The van der Waals surface area contributed by atoms with Gasteiger partial charge in [-0.25, -0.2) is 0 Å². The first kappa shape index (κ1) is 17.2. The Kier molecular flexibility index (Phi) is 5.19. The zero-order valence-electron chi connectivity index (χ0n) is 13.7. The number of hydrogen-bond acceptors (Lipinski definition) is 4. The number of carbonyl (C=O) groups excluding carboxylic acids is 2. The molecular formula is C18H19ClN4O2. The van der Waals surface area contributed by atoms with Crippen molar-refractivity contribution < 1.29 is 9.59 Å².